The molecule has 0 spiro atoms. The monoisotopic (exact) mass is 439 g/mol. The number of benzene rings is 2. The maximum absolute atomic E-state index is 13.0. The van der Waals surface area contributed by atoms with E-state index in [1.165, 1.54) is 0 Å². The second kappa shape index (κ2) is 9.00. The van der Waals surface area contributed by atoms with Crippen molar-refractivity contribution in [3.05, 3.63) is 101 Å². The van der Waals surface area contributed by atoms with Gasteiger partial charge in [0, 0.05) is 43.0 Å². The number of pyridine rings is 1. The number of amides is 1. The van der Waals surface area contributed by atoms with Crippen molar-refractivity contribution in [2.75, 3.05) is 26.3 Å². The van der Waals surface area contributed by atoms with Crippen LogP contribution in [0, 0.1) is 6.92 Å². The third-order valence-electron chi connectivity index (χ3n) is 6.03. The molecule has 4 aromatic rings. The lowest BCUT2D eigenvalue weighted by Gasteiger charge is -2.27. The number of ketones is 1. The molecule has 166 valence electrons. The van der Waals surface area contributed by atoms with Crippen molar-refractivity contribution in [3.8, 4) is 0 Å². The highest BCUT2D eigenvalue weighted by Crippen LogP contribution is 2.21. The molecule has 2 aromatic carbocycles. The van der Waals surface area contributed by atoms with Crippen LogP contribution in [-0.2, 0) is 11.3 Å². The van der Waals surface area contributed by atoms with Gasteiger partial charge in [-0.2, -0.15) is 0 Å². The van der Waals surface area contributed by atoms with Crippen molar-refractivity contribution < 1.29 is 14.3 Å². The molecule has 1 saturated heterocycles. The highest BCUT2D eigenvalue weighted by molar-refractivity contribution is 6.08. The van der Waals surface area contributed by atoms with E-state index in [1.807, 2.05) is 83.3 Å². The third kappa shape index (κ3) is 4.30. The number of hydrogen-bond acceptors (Lipinski definition) is 4. The first-order valence-electron chi connectivity index (χ1n) is 11.1. The summed E-state index contributed by atoms with van der Waals surface area (Å²) in [6.07, 6.45) is 3.70. The standard InChI is InChI=1S/C27H25N3O3/c1-19-7-9-21(10-8-19)26(31)24-6-3-11-30(24)18-20-16-22-4-2-5-23(25(22)28-17-20)27(32)29-12-14-33-15-13-29/h2-11,16-17H,12-15,18H2,1H3. The average Bonchev–Trinajstić information content (AvgIpc) is 3.31. The molecule has 6 heteroatoms. The van der Waals surface area contributed by atoms with Crippen LogP contribution in [0.4, 0.5) is 0 Å². The van der Waals surface area contributed by atoms with Crippen molar-refractivity contribution in [2.24, 2.45) is 0 Å². The molecule has 3 heterocycles. The van der Waals surface area contributed by atoms with Crippen molar-refractivity contribution in [1.29, 1.82) is 0 Å². The topological polar surface area (TPSA) is 64.4 Å². The minimum atomic E-state index is -0.0134. The number of aromatic nitrogens is 2. The van der Waals surface area contributed by atoms with Gasteiger partial charge in [-0.1, -0.05) is 42.0 Å². The van der Waals surface area contributed by atoms with Crippen molar-refractivity contribution in [1.82, 2.24) is 14.5 Å². The summed E-state index contributed by atoms with van der Waals surface area (Å²) in [5, 5.41) is 0.908. The summed E-state index contributed by atoms with van der Waals surface area (Å²) in [5.41, 5.74) is 4.69. The normalized spacial score (nSPS) is 13.9. The van der Waals surface area contributed by atoms with Crippen LogP contribution in [-0.4, -0.2) is 52.4 Å². The van der Waals surface area contributed by atoms with Gasteiger partial charge < -0.3 is 14.2 Å². The second-order valence-electron chi connectivity index (χ2n) is 8.34. The van der Waals surface area contributed by atoms with Gasteiger partial charge in [0.2, 0.25) is 5.78 Å². The number of morpholine rings is 1. The van der Waals surface area contributed by atoms with Gasteiger partial charge in [0.25, 0.3) is 5.91 Å². The van der Waals surface area contributed by atoms with Crippen molar-refractivity contribution in [3.63, 3.8) is 0 Å². The Labute approximate surface area is 192 Å². The van der Waals surface area contributed by atoms with Gasteiger partial charge in [-0.25, -0.2) is 0 Å². The van der Waals surface area contributed by atoms with E-state index < -0.39 is 0 Å². The smallest absolute Gasteiger partial charge is 0.256 e. The van der Waals surface area contributed by atoms with Gasteiger partial charge in [0.05, 0.1) is 30.0 Å². The Morgan fingerprint density at radius 1 is 1.00 bits per heavy atom. The molecule has 2 aromatic heterocycles. The minimum absolute atomic E-state index is 0.00728. The first-order valence-corrected chi connectivity index (χ1v) is 11.1. The van der Waals surface area contributed by atoms with Crippen LogP contribution in [0.5, 0.6) is 0 Å². The molecular weight excluding hydrogens is 414 g/mol. The lowest BCUT2D eigenvalue weighted by atomic mass is 10.1. The Morgan fingerprint density at radius 3 is 2.58 bits per heavy atom. The van der Waals surface area contributed by atoms with Gasteiger partial charge in [-0.15, -0.1) is 0 Å². The van der Waals surface area contributed by atoms with Crippen LogP contribution in [0.3, 0.4) is 0 Å². The zero-order valence-electron chi connectivity index (χ0n) is 18.5. The van der Waals surface area contributed by atoms with Gasteiger partial charge in [-0.05, 0) is 36.8 Å². The quantitative estimate of drug-likeness (QED) is 0.439. The largest absolute Gasteiger partial charge is 0.378 e. The van der Waals surface area contributed by atoms with E-state index >= 15 is 0 Å². The molecule has 6 nitrogen and oxygen atoms in total. The highest BCUT2D eigenvalue weighted by atomic mass is 16.5. The molecular formula is C27H25N3O3. The molecule has 1 aliphatic heterocycles. The predicted octanol–water partition coefficient (Wildman–Crippen LogP) is 4.10. The van der Waals surface area contributed by atoms with Gasteiger partial charge in [-0.3, -0.25) is 14.6 Å². The number of ether oxygens (including phenoxy) is 1. The van der Waals surface area contributed by atoms with E-state index in [-0.39, 0.29) is 11.7 Å². The average molecular weight is 440 g/mol. The molecule has 1 fully saturated rings. The van der Waals surface area contributed by atoms with Crippen LogP contribution in [0.15, 0.2) is 73.1 Å². The Hall–Kier alpha value is -3.77. The summed E-state index contributed by atoms with van der Waals surface area (Å²) in [7, 11) is 0. The molecule has 0 bridgehead atoms. The van der Waals surface area contributed by atoms with Crippen LogP contribution < -0.4 is 0 Å². The summed E-state index contributed by atoms with van der Waals surface area (Å²) in [6.45, 7) is 4.84. The maximum atomic E-state index is 13.0. The number of hydrogen-bond donors (Lipinski definition) is 0. The van der Waals surface area contributed by atoms with E-state index in [4.69, 9.17) is 4.74 Å². The van der Waals surface area contributed by atoms with Crippen LogP contribution >= 0.6 is 0 Å². The maximum Gasteiger partial charge on any atom is 0.256 e. The van der Waals surface area contributed by atoms with Crippen LogP contribution in [0.1, 0.15) is 37.5 Å². The Bertz CT molecular complexity index is 1320. The molecule has 1 amide bonds. The van der Waals surface area contributed by atoms with E-state index in [1.54, 1.807) is 6.20 Å². The first-order chi connectivity index (χ1) is 16.1. The number of nitrogens with zero attached hydrogens (tertiary/aromatic N) is 3. The van der Waals surface area contributed by atoms with Gasteiger partial charge in [0.15, 0.2) is 0 Å². The summed E-state index contributed by atoms with van der Waals surface area (Å²) in [4.78, 5) is 32.5. The van der Waals surface area contributed by atoms with E-state index in [9.17, 15) is 9.59 Å². The lowest BCUT2D eigenvalue weighted by molar-refractivity contribution is 0.0304. The SMILES string of the molecule is Cc1ccc(C(=O)c2cccn2Cc2cnc3c(C(=O)N4CCOCC4)cccc3c2)cc1. The zero-order valence-corrected chi connectivity index (χ0v) is 18.5. The molecule has 1 aliphatic rings. The second-order valence-corrected chi connectivity index (χ2v) is 8.34. The van der Waals surface area contributed by atoms with Gasteiger partial charge >= 0.3 is 0 Å². The number of rotatable bonds is 5. The Balaban J connectivity index is 1.41. The molecule has 0 radical (unpaired) electrons. The molecule has 33 heavy (non-hydrogen) atoms. The van der Waals surface area contributed by atoms with E-state index in [2.05, 4.69) is 4.98 Å². The Kier molecular flexibility index (Phi) is 5.75. The number of carbonyl (C=O) groups is 2. The van der Waals surface area contributed by atoms with Crippen molar-refractivity contribution in [2.45, 2.75) is 13.5 Å². The lowest BCUT2D eigenvalue weighted by Crippen LogP contribution is -2.40. The first kappa shape index (κ1) is 21.1. The zero-order chi connectivity index (χ0) is 22.8. The molecule has 0 aliphatic carbocycles. The summed E-state index contributed by atoms with van der Waals surface area (Å²) in [6, 6.07) is 19.1. The number of carbonyl (C=O) groups excluding carboxylic acids is 2. The molecule has 0 unspecified atom stereocenters. The van der Waals surface area contributed by atoms with Crippen LogP contribution in [0.2, 0.25) is 0 Å². The van der Waals surface area contributed by atoms with E-state index in [0.29, 0.717) is 55.2 Å². The summed E-state index contributed by atoms with van der Waals surface area (Å²) in [5.74, 6) is -0.0207. The number of fused-ring (bicyclic) bond motifs is 1. The molecule has 0 atom stereocenters. The predicted molar refractivity (Wildman–Crippen MR) is 127 cm³/mol. The molecule has 0 N–H and O–H groups in total. The fraction of sp³-hybridized carbons (Fsp3) is 0.222. The highest BCUT2D eigenvalue weighted by Gasteiger charge is 2.21. The number of aryl methyl sites for hydroxylation is 1. The summed E-state index contributed by atoms with van der Waals surface area (Å²) >= 11 is 0. The fourth-order valence-electron chi connectivity index (χ4n) is 4.21. The third-order valence-corrected chi connectivity index (χ3v) is 6.03. The molecule has 0 saturated carbocycles. The Morgan fingerprint density at radius 2 is 1.79 bits per heavy atom. The minimum Gasteiger partial charge on any atom is -0.378 e. The molecule has 5 rings (SSSR count). The van der Waals surface area contributed by atoms with E-state index in [0.717, 1.165) is 16.5 Å². The van der Waals surface area contributed by atoms with Gasteiger partial charge in [0.1, 0.15) is 0 Å². The summed E-state index contributed by atoms with van der Waals surface area (Å²) < 4.78 is 7.30. The van der Waals surface area contributed by atoms with Crippen molar-refractivity contribution >= 4 is 22.6 Å². The van der Waals surface area contributed by atoms with Crippen LogP contribution in [0.25, 0.3) is 10.9 Å². The number of para-hydroxylation sites is 1. The fourth-order valence-corrected chi connectivity index (χ4v) is 4.21.